The Morgan fingerprint density at radius 2 is 1.91 bits per heavy atom. The van der Waals surface area contributed by atoms with Crippen molar-refractivity contribution < 1.29 is 0 Å². The van der Waals surface area contributed by atoms with Gasteiger partial charge in [-0.05, 0) is 18.8 Å². The highest BCUT2D eigenvalue weighted by Gasteiger charge is 2.24. The van der Waals surface area contributed by atoms with Crippen LogP contribution >= 0.6 is 0 Å². The van der Waals surface area contributed by atoms with Gasteiger partial charge in [0.05, 0.1) is 0 Å². The maximum absolute atomic E-state index is 3.29. The molecular weight excluding hydrogens is 136 g/mol. The van der Waals surface area contributed by atoms with Gasteiger partial charge < -0.3 is 0 Å². The second-order valence-electron chi connectivity index (χ2n) is 3.22. The highest BCUT2D eigenvalue weighted by atomic mass is 15.4. The van der Waals surface area contributed by atoms with Crippen LogP contribution in [-0.2, 0) is 0 Å². The van der Waals surface area contributed by atoms with Crippen LogP contribution in [0.1, 0.15) is 12.8 Å². The lowest BCUT2D eigenvalue weighted by molar-refractivity contribution is 0.463. The van der Waals surface area contributed by atoms with Gasteiger partial charge in [-0.2, -0.15) is 0 Å². The summed E-state index contributed by atoms with van der Waals surface area (Å²) in [5, 5.41) is 0. The van der Waals surface area contributed by atoms with Gasteiger partial charge in [-0.25, -0.2) is 0 Å². The number of rotatable bonds is 0. The van der Waals surface area contributed by atoms with Crippen LogP contribution in [0.3, 0.4) is 0 Å². The summed E-state index contributed by atoms with van der Waals surface area (Å²) in [5.74, 6) is 0.788. The molecule has 0 aromatic rings. The smallest absolute Gasteiger partial charge is 0.0291 e. The van der Waals surface area contributed by atoms with Gasteiger partial charge in [0, 0.05) is 12.6 Å². The topological polar surface area (TPSA) is 24.1 Å². The number of fused-ring (bicyclic) bond motifs is 1. The molecule has 2 aliphatic rings. The van der Waals surface area contributed by atoms with Crippen LogP contribution in [0.25, 0.3) is 0 Å². The first-order chi connectivity index (χ1) is 5.47. The molecule has 0 aromatic carbocycles. The molecule has 2 rings (SSSR count). The molecule has 60 valence electrons. The summed E-state index contributed by atoms with van der Waals surface area (Å²) < 4.78 is 0. The van der Waals surface area contributed by atoms with Crippen LogP contribution in [0.4, 0.5) is 0 Å². The molecule has 11 heavy (non-hydrogen) atoms. The van der Waals surface area contributed by atoms with Crippen LogP contribution < -0.4 is 10.9 Å². The van der Waals surface area contributed by atoms with E-state index in [1.165, 1.54) is 6.42 Å². The zero-order valence-electron chi connectivity index (χ0n) is 6.59. The van der Waals surface area contributed by atoms with E-state index in [1.54, 1.807) is 0 Å². The van der Waals surface area contributed by atoms with Crippen molar-refractivity contribution in [1.82, 2.24) is 10.9 Å². The number of nitrogens with one attached hydrogen (secondary N) is 2. The third kappa shape index (κ3) is 1.52. The molecule has 1 aliphatic heterocycles. The zero-order valence-corrected chi connectivity index (χ0v) is 6.59. The Morgan fingerprint density at radius 1 is 1.09 bits per heavy atom. The highest BCUT2D eigenvalue weighted by Crippen LogP contribution is 2.17. The van der Waals surface area contributed by atoms with E-state index < -0.39 is 0 Å². The zero-order chi connectivity index (χ0) is 7.52. The van der Waals surface area contributed by atoms with Crippen molar-refractivity contribution in [3.8, 4) is 0 Å². The SMILES string of the molecule is C1=CCC2CNNC2CC=C1. The lowest BCUT2D eigenvalue weighted by Crippen LogP contribution is -2.31. The van der Waals surface area contributed by atoms with Crippen LogP contribution in [-0.4, -0.2) is 12.6 Å². The van der Waals surface area contributed by atoms with Gasteiger partial charge >= 0.3 is 0 Å². The average Bonchev–Trinajstić information content (AvgIpc) is 2.35. The van der Waals surface area contributed by atoms with Gasteiger partial charge in [0.15, 0.2) is 0 Å². The predicted octanol–water partition coefficient (Wildman–Crippen LogP) is 0.985. The first kappa shape index (κ1) is 7.07. The fraction of sp³-hybridized carbons (Fsp3) is 0.556. The van der Waals surface area contributed by atoms with Gasteiger partial charge in [-0.1, -0.05) is 24.3 Å². The van der Waals surface area contributed by atoms with Gasteiger partial charge in [-0.15, -0.1) is 0 Å². The molecule has 0 saturated carbocycles. The predicted molar refractivity (Wildman–Crippen MR) is 45.9 cm³/mol. The summed E-state index contributed by atoms with van der Waals surface area (Å²) in [4.78, 5) is 0. The summed E-state index contributed by atoms with van der Waals surface area (Å²) in [7, 11) is 0. The largest absolute Gasteiger partial charge is 0.257 e. The fourth-order valence-corrected chi connectivity index (χ4v) is 1.72. The molecule has 1 fully saturated rings. The third-order valence-electron chi connectivity index (χ3n) is 2.43. The van der Waals surface area contributed by atoms with E-state index in [2.05, 4.69) is 35.2 Å². The normalized spacial score (nSPS) is 36.4. The molecule has 0 aromatic heterocycles. The van der Waals surface area contributed by atoms with E-state index in [0.717, 1.165) is 18.9 Å². The standard InChI is InChI=1S/C9H14N2/c1-2-4-6-9-8(5-3-1)7-10-11-9/h1-4,8-11H,5-7H2. The summed E-state index contributed by atoms with van der Waals surface area (Å²) in [6.45, 7) is 1.11. The van der Waals surface area contributed by atoms with Crippen molar-refractivity contribution in [3.63, 3.8) is 0 Å². The van der Waals surface area contributed by atoms with Crippen LogP contribution in [0.2, 0.25) is 0 Å². The van der Waals surface area contributed by atoms with E-state index in [4.69, 9.17) is 0 Å². The van der Waals surface area contributed by atoms with Crippen molar-refractivity contribution in [2.45, 2.75) is 18.9 Å². The molecule has 2 nitrogen and oxygen atoms in total. The van der Waals surface area contributed by atoms with Gasteiger partial charge in [-0.3, -0.25) is 10.9 Å². The quantitative estimate of drug-likeness (QED) is 0.538. The molecule has 2 N–H and O–H groups in total. The number of hydrogen-bond acceptors (Lipinski definition) is 2. The molecule has 0 spiro atoms. The summed E-state index contributed by atoms with van der Waals surface area (Å²) >= 11 is 0. The molecular formula is C9H14N2. The van der Waals surface area contributed by atoms with E-state index in [1.807, 2.05) is 0 Å². The maximum Gasteiger partial charge on any atom is 0.0291 e. The number of hydrazine groups is 1. The number of hydrogen-bond donors (Lipinski definition) is 2. The Kier molecular flexibility index (Phi) is 2.06. The lowest BCUT2D eigenvalue weighted by Gasteiger charge is -2.15. The average molecular weight is 150 g/mol. The Labute approximate surface area is 67.3 Å². The molecule has 0 radical (unpaired) electrons. The Morgan fingerprint density at radius 3 is 2.82 bits per heavy atom. The molecule has 2 atom stereocenters. The van der Waals surface area contributed by atoms with Crippen molar-refractivity contribution >= 4 is 0 Å². The van der Waals surface area contributed by atoms with E-state index in [9.17, 15) is 0 Å². The van der Waals surface area contributed by atoms with Gasteiger partial charge in [0.2, 0.25) is 0 Å². The minimum Gasteiger partial charge on any atom is -0.257 e. The molecule has 0 bridgehead atoms. The van der Waals surface area contributed by atoms with Crippen LogP contribution in [0, 0.1) is 5.92 Å². The molecule has 0 amide bonds. The summed E-state index contributed by atoms with van der Waals surface area (Å²) in [6.07, 6.45) is 11.1. The second kappa shape index (κ2) is 3.20. The summed E-state index contributed by atoms with van der Waals surface area (Å²) in [5.41, 5.74) is 6.49. The molecule has 2 heteroatoms. The van der Waals surface area contributed by atoms with E-state index >= 15 is 0 Å². The summed E-state index contributed by atoms with van der Waals surface area (Å²) in [6, 6.07) is 0.649. The molecule has 1 aliphatic carbocycles. The first-order valence-electron chi connectivity index (χ1n) is 4.27. The van der Waals surface area contributed by atoms with Gasteiger partial charge in [0.1, 0.15) is 0 Å². The molecule has 1 saturated heterocycles. The number of allylic oxidation sites excluding steroid dienone is 3. The van der Waals surface area contributed by atoms with Crippen LogP contribution in [0.15, 0.2) is 24.3 Å². The highest BCUT2D eigenvalue weighted by molar-refractivity contribution is 5.08. The molecule has 2 unspecified atom stereocenters. The monoisotopic (exact) mass is 150 g/mol. The Hall–Kier alpha value is -0.600. The maximum atomic E-state index is 3.29. The fourth-order valence-electron chi connectivity index (χ4n) is 1.72. The third-order valence-corrected chi connectivity index (χ3v) is 2.43. The van der Waals surface area contributed by atoms with Gasteiger partial charge in [0.25, 0.3) is 0 Å². The van der Waals surface area contributed by atoms with Crippen molar-refractivity contribution in [1.29, 1.82) is 0 Å². The Balaban J connectivity index is 2.05. The molecule has 1 heterocycles. The lowest BCUT2D eigenvalue weighted by atomic mass is 9.94. The van der Waals surface area contributed by atoms with E-state index in [0.29, 0.717) is 6.04 Å². The van der Waals surface area contributed by atoms with Crippen molar-refractivity contribution in [2.75, 3.05) is 6.54 Å². The van der Waals surface area contributed by atoms with Crippen molar-refractivity contribution in [3.05, 3.63) is 24.3 Å². The van der Waals surface area contributed by atoms with Crippen LogP contribution in [0.5, 0.6) is 0 Å². The first-order valence-corrected chi connectivity index (χ1v) is 4.27. The minimum atomic E-state index is 0.649. The minimum absolute atomic E-state index is 0.649. The van der Waals surface area contributed by atoms with Crippen molar-refractivity contribution in [2.24, 2.45) is 5.92 Å². The van der Waals surface area contributed by atoms with E-state index in [-0.39, 0.29) is 0 Å². The second-order valence-corrected chi connectivity index (χ2v) is 3.22. The Bertz CT molecular complexity index is 164.